The molecule has 1 aromatic carbocycles. The van der Waals surface area contributed by atoms with Crippen LogP contribution in [0.5, 0.6) is 5.75 Å². The minimum atomic E-state index is -0.140. The Balaban J connectivity index is 2.40. The van der Waals surface area contributed by atoms with E-state index in [2.05, 4.69) is 59.7 Å². The van der Waals surface area contributed by atoms with Crippen molar-refractivity contribution in [2.24, 2.45) is 5.92 Å². The largest absolute Gasteiger partial charge is 0.488 e. The molecule has 0 aromatic heterocycles. The molecule has 0 bridgehead atoms. The van der Waals surface area contributed by atoms with Gasteiger partial charge in [-0.1, -0.05) is 45.4 Å². The molecular formula is C19H30O. The molecule has 0 saturated heterocycles. The molecule has 1 saturated carbocycles. The van der Waals surface area contributed by atoms with Crippen molar-refractivity contribution < 1.29 is 4.74 Å². The molecule has 0 spiro atoms. The second-order valence-electron chi connectivity index (χ2n) is 7.61. The minimum Gasteiger partial charge on any atom is -0.488 e. The Kier molecular flexibility index (Phi) is 4.46. The van der Waals surface area contributed by atoms with Gasteiger partial charge >= 0.3 is 0 Å². The molecule has 0 N–H and O–H groups in total. The summed E-state index contributed by atoms with van der Waals surface area (Å²) in [7, 11) is 0. The van der Waals surface area contributed by atoms with Gasteiger partial charge in [-0.25, -0.2) is 0 Å². The van der Waals surface area contributed by atoms with Gasteiger partial charge in [-0.2, -0.15) is 0 Å². The van der Waals surface area contributed by atoms with Gasteiger partial charge in [-0.15, -0.1) is 0 Å². The molecule has 1 atom stereocenters. The van der Waals surface area contributed by atoms with E-state index in [-0.39, 0.29) is 5.60 Å². The maximum Gasteiger partial charge on any atom is 0.127 e. The molecule has 1 aliphatic carbocycles. The van der Waals surface area contributed by atoms with Gasteiger partial charge in [0.05, 0.1) is 0 Å². The molecule has 0 aliphatic heterocycles. The van der Waals surface area contributed by atoms with Gasteiger partial charge in [0.25, 0.3) is 0 Å². The van der Waals surface area contributed by atoms with Crippen LogP contribution in [-0.4, -0.2) is 5.60 Å². The van der Waals surface area contributed by atoms with Crippen LogP contribution in [-0.2, 0) is 0 Å². The zero-order chi connectivity index (χ0) is 14.9. The molecule has 1 aliphatic rings. The number of hydrogen-bond donors (Lipinski definition) is 0. The lowest BCUT2D eigenvalue weighted by Crippen LogP contribution is -2.26. The second kappa shape index (κ2) is 5.79. The van der Waals surface area contributed by atoms with Gasteiger partial charge in [0.2, 0.25) is 0 Å². The summed E-state index contributed by atoms with van der Waals surface area (Å²) < 4.78 is 6.37. The Bertz CT molecular complexity index is 449. The standard InChI is InChI=1S/C19H30O/c1-13(2)16-11-8-12-17(14(3)15-9-7-10-15)18(16)20-19(4,5)6/h8,11-15H,7,9-10H2,1-6H3. The fourth-order valence-electron chi connectivity index (χ4n) is 3.00. The van der Waals surface area contributed by atoms with Crippen LogP contribution in [0.1, 0.15) is 83.8 Å². The van der Waals surface area contributed by atoms with Crippen LogP contribution in [0.2, 0.25) is 0 Å². The van der Waals surface area contributed by atoms with Crippen molar-refractivity contribution in [1.29, 1.82) is 0 Å². The third kappa shape index (κ3) is 3.37. The van der Waals surface area contributed by atoms with E-state index in [1.807, 2.05) is 0 Å². The van der Waals surface area contributed by atoms with E-state index < -0.39 is 0 Å². The monoisotopic (exact) mass is 274 g/mol. The lowest BCUT2D eigenvalue weighted by Gasteiger charge is -2.35. The van der Waals surface area contributed by atoms with Crippen LogP contribution >= 0.6 is 0 Å². The van der Waals surface area contributed by atoms with E-state index in [9.17, 15) is 0 Å². The lowest BCUT2D eigenvalue weighted by molar-refractivity contribution is 0.125. The van der Waals surface area contributed by atoms with E-state index in [0.29, 0.717) is 11.8 Å². The summed E-state index contributed by atoms with van der Waals surface area (Å²) in [6.07, 6.45) is 4.15. The average molecular weight is 274 g/mol. The Morgan fingerprint density at radius 2 is 1.65 bits per heavy atom. The summed E-state index contributed by atoms with van der Waals surface area (Å²) in [5.41, 5.74) is 2.62. The van der Waals surface area contributed by atoms with E-state index in [4.69, 9.17) is 4.74 Å². The number of benzene rings is 1. The summed E-state index contributed by atoms with van der Waals surface area (Å²) in [6, 6.07) is 6.70. The van der Waals surface area contributed by atoms with Gasteiger partial charge in [-0.05, 0) is 62.5 Å². The highest BCUT2D eigenvalue weighted by atomic mass is 16.5. The predicted octanol–water partition coefficient (Wildman–Crippen LogP) is 5.89. The first-order chi connectivity index (χ1) is 9.29. The van der Waals surface area contributed by atoms with Crippen LogP contribution in [0.4, 0.5) is 0 Å². The zero-order valence-corrected chi connectivity index (χ0v) is 14.0. The molecule has 20 heavy (non-hydrogen) atoms. The number of rotatable bonds is 4. The maximum absolute atomic E-state index is 6.37. The van der Waals surface area contributed by atoms with E-state index in [1.54, 1.807) is 0 Å². The van der Waals surface area contributed by atoms with Crippen molar-refractivity contribution in [1.82, 2.24) is 0 Å². The summed E-state index contributed by atoms with van der Waals surface area (Å²) in [4.78, 5) is 0. The first kappa shape index (κ1) is 15.4. The Labute approximate surface area is 124 Å². The molecule has 112 valence electrons. The fraction of sp³-hybridized carbons (Fsp3) is 0.684. The van der Waals surface area contributed by atoms with Gasteiger partial charge in [0.1, 0.15) is 11.4 Å². The zero-order valence-electron chi connectivity index (χ0n) is 14.0. The summed E-state index contributed by atoms with van der Waals surface area (Å²) in [5, 5.41) is 0. The Morgan fingerprint density at radius 3 is 2.10 bits per heavy atom. The van der Waals surface area contributed by atoms with Crippen LogP contribution < -0.4 is 4.74 Å². The van der Waals surface area contributed by atoms with Crippen molar-refractivity contribution >= 4 is 0 Å². The van der Waals surface area contributed by atoms with Crippen molar-refractivity contribution in [3.05, 3.63) is 29.3 Å². The molecule has 2 rings (SSSR count). The Morgan fingerprint density at radius 1 is 1.05 bits per heavy atom. The quantitative estimate of drug-likeness (QED) is 0.665. The van der Waals surface area contributed by atoms with E-state index >= 15 is 0 Å². The van der Waals surface area contributed by atoms with E-state index in [1.165, 1.54) is 30.4 Å². The number of hydrogen-bond acceptors (Lipinski definition) is 1. The average Bonchev–Trinajstić information content (AvgIpc) is 2.24. The van der Waals surface area contributed by atoms with Crippen molar-refractivity contribution in [3.8, 4) is 5.75 Å². The third-order valence-electron chi connectivity index (χ3n) is 4.45. The van der Waals surface area contributed by atoms with Crippen LogP contribution in [0.25, 0.3) is 0 Å². The minimum absolute atomic E-state index is 0.140. The topological polar surface area (TPSA) is 9.23 Å². The molecular weight excluding hydrogens is 244 g/mol. The van der Waals surface area contributed by atoms with Gasteiger partial charge in [0.15, 0.2) is 0 Å². The van der Waals surface area contributed by atoms with Crippen LogP contribution in [0, 0.1) is 5.92 Å². The summed E-state index contributed by atoms with van der Waals surface area (Å²) in [6.45, 7) is 13.3. The van der Waals surface area contributed by atoms with Crippen molar-refractivity contribution in [3.63, 3.8) is 0 Å². The number of para-hydroxylation sites is 1. The molecule has 0 heterocycles. The molecule has 1 heteroatoms. The maximum atomic E-state index is 6.37. The van der Waals surface area contributed by atoms with Crippen LogP contribution in [0.3, 0.4) is 0 Å². The molecule has 1 nitrogen and oxygen atoms in total. The van der Waals surface area contributed by atoms with Gasteiger partial charge in [-0.3, -0.25) is 0 Å². The molecule has 1 fully saturated rings. The molecule has 1 aromatic rings. The number of ether oxygens (including phenoxy) is 1. The second-order valence-corrected chi connectivity index (χ2v) is 7.61. The highest BCUT2D eigenvalue weighted by molar-refractivity contribution is 5.45. The highest BCUT2D eigenvalue weighted by Gasteiger charge is 2.29. The first-order valence-electron chi connectivity index (χ1n) is 8.11. The van der Waals surface area contributed by atoms with Crippen molar-refractivity contribution in [2.45, 2.75) is 78.2 Å². The third-order valence-corrected chi connectivity index (χ3v) is 4.45. The summed E-state index contributed by atoms with van der Waals surface area (Å²) in [5.74, 6) is 3.11. The molecule has 0 radical (unpaired) electrons. The SMILES string of the molecule is CC(C)c1cccc(C(C)C2CCC2)c1OC(C)(C)C. The normalized spacial score (nSPS) is 17.9. The lowest BCUT2D eigenvalue weighted by atomic mass is 9.73. The molecule has 1 unspecified atom stereocenters. The Hall–Kier alpha value is -0.980. The predicted molar refractivity (Wildman–Crippen MR) is 86.7 cm³/mol. The smallest absolute Gasteiger partial charge is 0.127 e. The van der Waals surface area contributed by atoms with Gasteiger partial charge in [0, 0.05) is 0 Å². The summed E-state index contributed by atoms with van der Waals surface area (Å²) >= 11 is 0. The van der Waals surface area contributed by atoms with Gasteiger partial charge < -0.3 is 4.74 Å². The van der Waals surface area contributed by atoms with Crippen molar-refractivity contribution in [2.75, 3.05) is 0 Å². The van der Waals surface area contributed by atoms with E-state index in [0.717, 1.165) is 11.7 Å². The highest BCUT2D eigenvalue weighted by Crippen LogP contribution is 2.44. The molecule has 0 amide bonds. The van der Waals surface area contributed by atoms with Crippen LogP contribution in [0.15, 0.2) is 18.2 Å². The fourth-order valence-corrected chi connectivity index (χ4v) is 3.00. The first-order valence-corrected chi connectivity index (χ1v) is 8.11.